The van der Waals surface area contributed by atoms with Crippen LogP contribution in [0.1, 0.15) is 56.6 Å². The Hall–Kier alpha value is -3.17. The van der Waals surface area contributed by atoms with E-state index in [0.29, 0.717) is 40.3 Å². The lowest BCUT2D eigenvalue weighted by Crippen LogP contribution is -2.36. The van der Waals surface area contributed by atoms with E-state index in [2.05, 4.69) is 21.2 Å². The standard InChI is InChI=1S/C30H33BrFNO6/c1-16(2)38-10-11-39-30(35)27-17(3)33-23-13-20(18-7-9-25(36-4)26(15-18)37-5)14-24(34)29(23)28(27)19-6-8-22(32)21(31)12-19/h6-9,12,15-16,20,28,33H,10-11,13-14H2,1-5H3/t20-,28-/m0/s1. The van der Waals surface area contributed by atoms with Crippen LogP contribution in [-0.2, 0) is 19.1 Å². The fourth-order valence-corrected chi connectivity index (χ4v) is 5.57. The Kier molecular flexibility index (Phi) is 9.12. The van der Waals surface area contributed by atoms with Crippen molar-refractivity contribution in [2.24, 2.45) is 0 Å². The predicted octanol–water partition coefficient (Wildman–Crippen LogP) is 5.94. The number of esters is 1. The summed E-state index contributed by atoms with van der Waals surface area (Å²) < 4.78 is 36.3. The summed E-state index contributed by atoms with van der Waals surface area (Å²) in [5, 5.41) is 3.33. The van der Waals surface area contributed by atoms with Crippen molar-refractivity contribution in [1.29, 1.82) is 0 Å². The molecule has 0 saturated heterocycles. The molecule has 0 radical (unpaired) electrons. The molecule has 4 rings (SSSR count). The number of hydrogen-bond acceptors (Lipinski definition) is 7. The van der Waals surface area contributed by atoms with E-state index in [1.807, 2.05) is 32.0 Å². The average Bonchev–Trinajstić information content (AvgIpc) is 2.91. The van der Waals surface area contributed by atoms with Crippen LogP contribution in [0.3, 0.4) is 0 Å². The molecule has 9 heteroatoms. The molecule has 2 atom stereocenters. The first kappa shape index (κ1) is 28.8. The molecule has 0 fully saturated rings. The van der Waals surface area contributed by atoms with E-state index in [0.717, 1.165) is 11.3 Å². The first-order valence-corrected chi connectivity index (χ1v) is 13.6. The third-order valence-electron chi connectivity index (χ3n) is 6.97. The minimum atomic E-state index is -0.699. The van der Waals surface area contributed by atoms with Gasteiger partial charge in [-0.1, -0.05) is 12.1 Å². The molecule has 2 aromatic rings. The Balaban J connectivity index is 1.71. The van der Waals surface area contributed by atoms with E-state index in [1.54, 1.807) is 33.3 Å². The number of benzene rings is 2. The Bertz CT molecular complexity index is 1330. The summed E-state index contributed by atoms with van der Waals surface area (Å²) in [6, 6.07) is 10.2. The summed E-state index contributed by atoms with van der Waals surface area (Å²) in [5.74, 6) is -0.651. The number of ketones is 1. The van der Waals surface area contributed by atoms with Gasteiger partial charge in [0.1, 0.15) is 12.4 Å². The van der Waals surface area contributed by atoms with Crippen molar-refractivity contribution < 1.29 is 32.9 Å². The van der Waals surface area contributed by atoms with Gasteiger partial charge >= 0.3 is 5.97 Å². The van der Waals surface area contributed by atoms with Crippen molar-refractivity contribution in [3.8, 4) is 11.5 Å². The third-order valence-corrected chi connectivity index (χ3v) is 7.58. The monoisotopic (exact) mass is 601 g/mol. The normalized spacial score (nSPS) is 19.1. The molecule has 1 aliphatic heterocycles. The van der Waals surface area contributed by atoms with Gasteiger partial charge in [0.2, 0.25) is 0 Å². The maximum absolute atomic E-state index is 14.2. The van der Waals surface area contributed by atoms with Crippen LogP contribution in [0, 0.1) is 5.82 Å². The molecule has 39 heavy (non-hydrogen) atoms. The maximum Gasteiger partial charge on any atom is 0.336 e. The lowest BCUT2D eigenvalue weighted by atomic mass is 9.71. The molecule has 0 amide bonds. The molecule has 208 valence electrons. The fourth-order valence-electron chi connectivity index (χ4n) is 5.17. The van der Waals surface area contributed by atoms with Crippen LogP contribution in [0.2, 0.25) is 0 Å². The molecule has 0 bridgehead atoms. The largest absolute Gasteiger partial charge is 0.493 e. The van der Waals surface area contributed by atoms with Gasteiger partial charge < -0.3 is 24.3 Å². The highest BCUT2D eigenvalue weighted by molar-refractivity contribution is 9.10. The summed E-state index contributed by atoms with van der Waals surface area (Å²) in [7, 11) is 3.15. The lowest BCUT2D eigenvalue weighted by molar-refractivity contribution is -0.141. The number of methoxy groups -OCH3 is 2. The van der Waals surface area contributed by atoms with Crippen molar-refractivity contribution in [3.63, 3.8) is 0 Å². The zero-order valence-electron chi connectivity index (χ0n) is 22.7. The highest BCUT2D eigenvalue weighted by Crippen LogP contribution is 2.47. The van der Waals surface area contributed by atoms with Crippen LogP contribution >= 0.6 is 15.9 Å². The summed E-state index contributed by atoms with van der Waals surface area (Å²) in [6.07, 6.45) is 0.812. The summed E-state index contributed by atoms with van der Waals surface area (Å²) >= 11 is 3.26. The van der Waals surface area contributed by atoms with Gasteiger partial charge in [-0.25, -0.2) is 9.18 Å². The van der Waals surface area contributed by atoms with Gasteiger partial charge in [0.25, 0.3) is 0 Å². The molecule has 2 aliphatic rings. The van der Waals surface area contributed by atoms with Crippen LogP contribution in [0.15, 0.2) is 63.4 Å². The van der Waals surface area contributed by atoms with Crippen molar-refractivity contribution >= 4 is 27.7 Å². The molecular weight excluding hydrogens is 569 g/mol. The smallest absolute Gasteiger partial charge is 0.336 e. The lowest BCUT2D eigenvalue weighted by Gasteiger charge is -2.37. The number of nitrogens with one attached hydrogen (secondary N) is 1. The Morgan fingerprint density at radius 3 is 2.44 bits per heavy atom. The van der Waals surface area contributed by atoms with E-state index in [4.69, 9.17) is 18.9 Å². The van der Waals surface area contributed by atoms with Crippen molar-refractivity contribution in [3.05, 3.63) is 80.4 Å². The fraction of sp³-hybridized carbons (Fsp3) is 0.400. The minimum absolute atomic E-state index is 0.0107. The van der Waals surface area contributed by atoms with Gasteiger partial charge in [0, 0.05) is 29.3 Å². The van der Waals surface area contributed by atoms with Gasteiger partial charge in [-0.2, -0.15) is 0 Å². The third kappa shape index (κ3) is 6.20. The maximum atomic E-state index is 14.2. The number of Topliss-reactive ketones (excluding diaryl/α,β-unsaturated/α-hetero) is 1. The van der Waals surface area contributed by atoms with Crippen molar-refractivity contribution in [2.45, 2.75) is 51.6 Å². The zero-order chi connectivity index (χ0) is 28.3. The van der Waals surface area contributed by atoms with Crippen LogP contribution in [0.4, 0.5) is 4.39 Å². The van der Waals surface area contributed by atoms with Gasteiger partial charge in [-0.15, -0.1) is 0 Å². The topological polar surface area (TPSA) is 83.1 Å². The van der Waals surface area contributed by atoms with E-state index < -0.39 is 17.7 Å². The molecule has 1 aliphatic carbocycles. The highest BCUT2D eigenvalue weighted by atomic mass is 79.9. The van der Waals surface area contributed by atoms with Crippen LogP contribution in [-0.4, -0.2) is 45.3 Å². The number of allylic oxidation sites excluding steroid dienone is 3. The quantitative estimate of drug-likeness (QED) is 0.281. The number of carbonyl (C=O) groups is 2. The van der Waals surface area contributed by atoms with Crippen LogP contribution < -0.4 is 14.8 Å². The summed E-state index contributed by atoms with van der Waals surface area (Å²) in [6.45, 7) is 5.94. The van der Waals surface area contributed by atoms with Gasteiger partial charge in [0.05, 0.1) is 37.0 Å². The molecule has 0 aromatic heterocycles. The predicted molar refractivity (Wildman–Crippen MR) is 148 cm³/mol. The zero-order valence-corrected chi connectivity index (χ0v) is 24.3. The van der Waals surface area contributed by atoms with E-state index in [9.17, 15) is 14.0 Å². The SMILES string of the molecule is COc1ccc([C@@H]2CC(=O)C3=C(C2)NC(C)=C(C(=O)OCCOC(C)C)[C@@H]3c2ccc(F)c(Br)c2)cc1OC. The Morgan fingerprint density at radius 2 is 1.77 bits per heavy atom. The van der Waals surface area contributed by atoms with Crippen molar-refractivity contribution in [1.82, 2.24) is 5.32 Å². The molecule has 2 aromatic carbocycles. The second kappa shape index (κ2) is 12.3. The number of hydrogen-bond donors (Lipinski definition) is 1. The van der Waals surface area contributed by atoms with Gasteiger partial charge in [-0.05, 0) is 84.4 Å². The highest BCUT2D eigenvalue weighted by Gasteiger charge is 2.41. The number of ether oxygens (including phenoxy) is 4. The Morgan fingerprint density at radius 1 is 1.05 bits per heavy atom. The number of carbonyl (C=O) groups excluding carboxylic acids is 2. The average molecular weight is 602 g/mol. The second-order valence-electron chi connectivity index (χ2n) is 9.86. The number of rotatable bonds is 9. The molecule has 0 saturated carbocycles. The second-order valence-corrected chi connectivity index (χ2v) is 10.7. The van der Waals surface area contributed by atoms with Crippen LogP contribution in [0.5, 0.6) is 11.5 Å². The number of halogens is 2. The molecule has 1 heterocycles. The minimum Gasteiger partial charge on any atom is -0.493 e. The first-order valence-electron chi connectivity index (χ1n) is 12.8. The van der Waals surface area contributed by atoms with E-state index >= 15 is 0 Å². The summed E-state index contributed by atoms with van der Waals surface area (Å²) in [4.78, 5) is 27.2. The van der Waals surface area contributed by atoms with Gasteiger partial charge in [0.15, 0.2) is 17.3 Å². The molecule has 1 N–H and O–H groups in total. The van der Waals surface area contributed by atoms with Gasteiger partial charge in [-0.3, -0.25) is 4.79 Å². The molecule has 7 nitrogen and oxygen atoms in total. The first-order chi connectivity index (χ1) is 18.6. The molecular formula is C30H33BrFNO6. The Labute approximate surface area is 236 Å². The van der Waals surface area contributed by atoms with Crippen LogP contribution in [0.25, 0.3) is 0 Å². The van der Waals surface area contributed by atoms with E-state index in [-0.39, 0.29) is 41.9 Å². The molecule has 0 unspecified atom stereocenters. The van der Waals surface area contributed by atoms with Crippen molar-refractivity contribution in [2.75, 3.05) is 27.4 Å². The summed E-state index contributed by atoms with van der Waals surface area (Å²) in [5.41, 5.74) is 3.74. The van der Waals surface area contributed by atoms with E-state index in [1.165, 1.54) is 6.07 Å². The number of dihydropyridines is 1. The molecule has 0 spiro atoms.